The predicted molar refractivity (Wildman–Crippen MR) is 88.7 cm³/mol. The van der Waals surface area contributed by atoms with Gasteiger partial charge in [0.25, 0.3) is 0 Å². The molecule has 1 heterocycles. The standard InChI is InChI=1S/C15H21ClN2O3.ClH/c1-20-8-9-21-11-15(19)18-7-6-17-10-14(18)12-4-2-3-5-13(12)16;/h2-5,14,17H,6-11H2,1H3;1H. The number of hydrogen-bond donors (Lipinski definition) is 1. The third-order valence-corrected chi connectivity index (χ3v) is 3.83. The Morgan fingerprint density at radius 1 is 1.41 bits per heavy atom. The first-order chi connectivity index (χ1) is 10.2. The Balaban J connectivity index is 0.00000242. The summed E-state index contributed by atoms with van der Waals surface area (Å²) >= 11 is 6.26. The molecule has 1 saturated heterocycles. The van der Waals surface area contributed by atoms with Gasteiger partial charge in [-0.15, -0.1) is 12.4 Å². The lowest BCUT2D eigenvalue weighted by atomic mass is 10.0. The minimum atomic E-state index is -0.0500. The maximum Gasteiger partial charge on any atom is 0.249 e. The van der Waals surface area contributed by atoms with Crippen molar-refractivity contribution >= 4 is 29.9 Å². The molecule has 5 nitrogen and oxygen atoms in total. The van der Waals surface area contributed by atoms with Gasteiger partial charge in [0.1, 0.15) is 6.61 Å². The highest BCUT2D eigenvalue weighted by atomic mass is 35.5. The van der Waals surface area contributed by atoms with Crippen molar-refractivity contribution in [1.82, 2.24) is 10.2 Å². The first-order valence-corrected chi connectivity index (χ1v) is 7.43. The van der Waals surface area contributed by atoms with Crippen molar-refractivity contribution in [3.63, 3.8) is 0 Å². The summed E-state index contributed by atoms with van der Waals surface area (Å²) in [6, 6.07) is 7.59. The molecule has 7 heteroatoms. The topological polar surface area (TPSA) is 50.8 Å². The molecule has 1 aliphatic heterocycles. The van der Waals surface area contributed by atoms with E-state index >= 15 is 0 Å². The second kappa shape index (κ2) is 10.0. The average Bonchev–Trinajstić information content (AvgIpc) is 2.52. The van der Waals surface area contributed by atoms with Crippen molar-refractivity contribution in [1.29, 1.82) is 0 Å². The average molecular weight is 349 g/mol. The van der Waals surface area contributed by atoms with Crippen LogP contribution in [0.15, 0.2) is 24.3 Å². The molecule has 1 aromatic carbocycles. The molecule has 1 unspecified atom stereocenters. The van der Waals surface area contributed by atoms with Gasteiger partial charge in [0.15, 0.2) is 0 Å². The fraction of sp³-hybridized carbons (Fsp3) is 0.533. The molecule has 0 saturated carbocycles. The lowest BCUT2D eigenvalue weighted by molar-refractivity contribution is -0.140. The van der Waals surface area contributed by atoms with Crippen LogP contribution in [0.5, 0.6) is 0 Å². The molecular formula is C15H22Cl2N2O3. The van der Waals surface area contributed by atoms with Gasteiger partial charge in [0.05, 0.1) is 19.3 Å². The van der Waals surface area contributed by atoms with Crippen molar-refractivity contribution < 1.29 is 14.3 Å². The van der Waals surface area contributed by atoms with Gasteiger partial charge >= 0.3 is 0 Å². The molecule has 1 fully saturated rings. The second-order valence-electron chi connectivity index (χ2n) is 4.87. The summed E-state index contributed by atoms with van der Waals surface area (Å²) in [5, 5.41) is 3.99. The molecular weight excluding hydrogens is 327 g/mol. The molecule has 1 aliphatic rings. The van der Waals surface area contributed by atoms with Gasteiger partial charge in [-0.1, -0.05) is 29.8 Å². The molecule has 0 bridgehead atoms. The minimum Gasteiger partial charge on any atom is -0.382 e. The van der Waals surface area contributed by atoms with Crippen molar-refractivity contribution in [3.8, 4) is 0 Å². The highest BCUT2D eigenvalue weighted by molar-refractivity contribution is 6.31. The zero-order valence-electron chi connectivity index (χ0n) is 12.6. The molecule has 1 N–H and O–H groups in total. The van der Waals surface area contributed by atoms with Crippen LogP contribution in [-0.2, 0) is 14.3 Å². The summed E-state index contributed by atoms with van der Waals surface area (Å²) in [7, 11) is 1.61. The van der Waals surface area contributed by atoms with Gasteiger partial charge in [-0.3, -0.25) is 4.79 Å². The number of halogens is 2. The summed E-state index contributed by atoms with van der Waals surface area (Å²) in [6.07, 6.45) is 0. The SMILES string of the molecule is COCCOCC(=O)N1CCNCC1c1ccccc1Cl.Cl. The Morgan fingerprint density at radius 3 is 2.91 bits per heavy atom. The fourth-order valence-corrected chi connectivity index (χ4v) is 2.67. The number of nitrogens with zero attached hydrogens (tertiary/aromatic N) is 1. The number of methoxy groups -OCH3 is 1. The van der Waals surface area contributed by atoms with E-state index < -0.39 is 0 Å². The Labute approximate surface area is 142 Å². The zero-order valence-corrected chi connectivity index (χ0v) is 14.2. The summed E-state index contributed by atoms with van der Waals surface area (Å²) in [4.78, 5) is 14.2. The number of amides is 1. The third kappa shape index (κ3) is 5.11. The number of rotatable bonds is 6. The van der Waals surface area contributed by atoms with Crippen LogP contribution in [0.3, 0.4) is 0 Å². The smallest absolute Gasteiger partial charge is 0.249 e. The van der Waals surface area contributed by atoms with Crippen LogP contribution >= 0.6 is 24.0 Å². The number of hydrogen-bond acceptors (Lipinski definition) is 4. The largest absolute Gasteiger partial charge is 0.382 e. The van der Waals surface area contributed by atoms with E-state index in [0.29, 0.717) is 31.3 Å². The fourth-order valence-electron chi connectivity index (χ4n) is 2.41. The van der Waals surface area contributed by atoms with Crippen LogP contribution in [0, 0.1) is 0 Å². The van der Waals surface area contributed by atoms with E-state index in [-0.39, 0.29) is 31.0 Å². The molecule has 124 valence electrons. The van der Waals surface area contributed by atoms with Crippen LogP contribution in [0.4, 0.5) is 0 Å². The highest BCUT2D eigenvalue weighted by Gasteiger charge is 2.28. The number of carbonyl (C=O) groups excluding carboxylic acids is 1. The van der Waals surface area contributed by atoms with Crippen molar-refractivity contribution in [2.24, 2.45) is 0 Å². The monoisotopic (exact) mass is 348 g/mol. The van der Waals surface area contributed by atoms with Gasteiger partial charge < -0.3 is 19.7 Å². The van der Waals surface area contributed by atoms with Crippen LogP contribution in [0.25, 0.3) is 0 Å². The first kappa shape index (κ1) is 19.2. The third-order valence-electron chi connectivity index (χ3n) is 3.49. The Bertz CT molecular complexity index is 474. The van der Waals surface area contributed by atoms with Crippen LogP contribution < -0.4 is 5.32 Å². The number of ether oxygens (including phenoxy) is 2. The number of benzene rings is 1. The summed E-state index contributed by atoms with van der Waals surface area (Å²) in [5.74, 6) is -0.0162. The van der Waals surface area contributed by atoms with E-state index in [1.807, 2.05) is 29.2 Å². The first-order valence-electron chi connectivity index (χ1n) is 7.05. The van der Waals surface area contributed by atoms with Crippen LogP contribution in [-0.4, -0.2) is 57.4 Å². The molecule has 22 heavy (non-hydrogen) atoms. The molecule has 1 atom stereocenters. The maximum absolute atomic E-state index is 12.3. The van der Waals surface area contributed by atoms with Gasteiger partial charge in [-0.05, 0) is 11.6 Å². The Hall–Kier alpha value is -0.850. The second-order valence-corrected chi connectivity index (χ2v) is 5.28. The molecule has 2 rings (SSSR count). The van der Waals surface area contributed by atoms with Crippen LogP contribution in [0.1, 0.15) is 11.6 Å². The normalized spacial score (nSPS) is 17.9. The number of piperazine rings is 1. The van der Waals surface area contributed by atoms with E-state index in [1.54, 1.807) is 7.11 Å². The van der Waals surface area contributed by atoms with Gasteiger partial charge in [0, 0.05) is 31.8 Å². The molecule has 0 radical (unpaired) electrons. The molecule has 0 spiro atoms. The predicted octanol–water partition coefficient (Wildman–Crippen LogP) is 1.90. The van der Waals surface area contributed by atoms with E-state index in [2.05, 4.69) is 5.32 Å². The highest BCUT2D eigenvalue weighted by Crippen LogP contribution is 2.28. The lowest BCUT2D eigenvalue weighted by Crippen LogP contribution is -2.49. The number of carbonyl (C=O) groups is 1. The maximum atomic E-state index is 12.3. The Kier molecular flexibility index (Phi) is 8.75. The summed E-state index contributed by atoms with van der Waals surface area (Å²) in [5.41, 5.74) is 0.969. The van der Waals surface area contributed by atoms with Crippen molar-refractivity contribution in [3.05, 3.63) is 34.9 Å². The minimum absolute atomic E-state index is 0. The van der Waals surface area contributed by atoms with E-state index in [0.717, 1.165) is 12.1 Å². The van der Waals surface area contributed by atoms with Gasteiger partial charge in [-0.25, -0.2) is 0 Å². The van der Waals surface area contributed by atoms with Crippen molar-refractivity contribution in [2.45, 2.75) is 6.04 Å². The zero-order chi connectivity index (χ0) is 15.1. The van der Waals surface area contributed by atoms with Crippen molar-refractivity contribution in [2.75, 3.05) is 46.6 Å². The molecule has 0 aromatic heterocycles. The van der Waals surface area contributed by atoms with Gasteiger partial charge in [0.2, 0.25) is 5.91 Å². The molecule has 0 aliphatic carbocycles. The summed E-state index contributed by atoms with van der Waals surface area (Å²) < 4.78 is 10.2. The van der Waals surface area contributed by atoms with E-state index in [1.165, 1.54) is 0 Å². The number of nitrogens with one attached hydrogen (secondary N) is 1. The van der Waals surface area contributed by atoms with E-state index in [9.17, 15) is 4.79 Å². The molecule has 1 aromatic rings. The lowest BCUT2D eigenvalue weighted by Gasteiger charge is -2.37. The van der Waals surface area contributed by atoms with Crippen LogP contribution in [0.2, 0.25) is 5.02 Å². The van der Waals surface area contributed by atoms with Gasteiger partial charge in [-0.2, -0.15) is 0 Å². The van der Waals surface area contributed by atoms with E-state index in [4.69, 9.17) is 21.1 Å². The molecule has 1 amide bonds. The quantitative estimate of drug-likeness (QED) is 0.797. The Morgan fingerprint density at radius 2 is 2.18 bits per heavy atom. The summed E-state index contributed by atoms with van der Waals surface area (Å²) in [6.45, 7) is 3.12.